The van der Waals surface area contributed by atoms with Crippen molar-refractivity contribution in [3.63, 3.8) is 0 Å². The summed E-state index contributed by atoms with van der Waals surface area (Å²) in [6.07, 6.45) is 4.35. The molecule has 0 spiro atoms. The van der Waals surface area contributed by atoms with Crippen LogP contribution in [0.5, 0.6) is 0 Å². The van der Waals surface area contributed by atoms with E-state index < -0.39 is 5.41 Å². The molecule has 0 aromatic rings. The second kappa shape index (κ2) is 8.28. The first-order valence-electron chi connectivity index (χ1n) is 11.2. The van der Waals surface area contributed by atoms with Gasteiger partial charge in [0.05, 0.1) is 39.7 Å². The van der Waals surface area contributed by atoms with Crippen LogP contribution in [0, 0.1) is 33.5 Å². The Bertz CT molecular complexity index is 532. The molecule has 0 aliphatic heterocycles. The van der Waals surface area contributed by atoms with Crippen LogP contribution in [0.2, 0.25) is 0 Å². The number of nitrogens with zero attached hydrogens (tertiary/aromatic N) is 1. The van der Waals surface area contributed by atoms with Crippen molar-refractivity contribution in [2.45, 2.75) is 88.0 Å². The van der Waals surface area contributed by atoms with Gasteiger partial charge in [-0.2, -0.15) is 0 Å². The largest absolute Gasteiger partial charge is 0.465 e. The van der Waals surface area contributed by atoms with E-state index in [4.69, 9.17) is 4.74 Å². The zero-order valence-electron chi connectivity index (χ0n) is 21.2. The molecule has 2 atom stereocenters. The zero-order chi connectivity index (χ0) is 22.2. The van der Waals surface area contributed by atoms with Crippen LogP contribution in [0.4, 0.5) is 0 Å². The van der Waals surface area contributed by atoms with Crippen LogP contribution in [0.15, 0.2) is 0 Å². The number of carbonyl (C=O) groups excluding carboxylic acids is 1. The highest BCUT2D eigenvalue weighted by atomic mass is 16.5. The summed E-state index contributed by atoms with van der Waals surface area (Å²) in [5.74, 6) is 1.43. The molecule has 1 fully saturated rings. The number of carbonyl (C=O) groups is 1. The lowest BCUT2D eigenvalue weighted by Gasteiger charge is -2.37. The van der Waals surface area contributed by atoms with Gasteiger partial charge in [-0.1, -0.05) is 48.5 Å². The summed E-state index contributed by atoms with van der Waals surface area (Å²) in [6.45, 7) is 22.3. The minimum atomic E-state index is -0.429. The van der Waals surface area contributed by atoms with E-state index in [9.17, 15) is 4.79 Å². The lowest BCUT2D eigenvalue weighted by Crippen LogP contribution is -2.37. The van der Waals surface area contributed by atoms with Gasteiger partial charge in [0.25, 0.3) is 0 Å². The Kier molecular flexibility index (Phi) is 7.53. The molecule has 166 valence electrons. The fraction of sp³-hybridized carbons (Fsp3) is 0.960. The maximum absolute atomic E-state index is 12.7. The summed E-state index contributed by atoms with van der Waals surface area (Å²) in [7, 11) is 6.50. The van der Waals surface area contributed by atoms with E-state index in [2.05, 4.69) is 83.5 Å². The zero-order valence-corrected chi connectivity index (χ0v) is 21.2. The predicted molar refractivity (Wildman–Crippen MR) is 120 cm³/mol. The van der Waals surface area contributed by atoms with Crippen LogP contribution in [0.25, 0.3) is 0 Å². The molecule has 0 aromatic heterocycles. The Hall–Kier alpha value is -0.570. The minimum absolute atomic E-state index is 0.0341. The van der Waals surface area contributed by atoms with Crippen LogP contribution in [-0.2, 0) is 9.53 Å². The lowest BCUT2D eigenvalue weighted by atomic mass is 9.67. The molecule has 1 rings (SSSR count). The van der Waals surface area contributed by atoms with Gasteiger partial charge in [-0.05, 0) is 61.2 Å². The van der Waals surface area contributed by atoms with E-state index >= 15 is 0 Å². The number of ether oxygens (including phenoxy) is 1. The first-order chi connectivity index (χ1) is 12.3. The average Bonchev–Trinajstić information content (AvgIpc) is 3.20. The summed E-state index contributed by atoms with van der Waals surface area (Å²) in [4.78, 5) is 12.7. The van der Waals surface area contributed by atoms with Crippen molar-refractivity contribution in [3.8, 4) is 0 Å². The molecule has 0 radical (unpaired) electrons. The van der Waals surface area contributed by atoms with Crippen molar-refractivity contribution in [2.75, 3.05) is 34.3 Å². The highest BCUT2D eigenvalue weighted by molar-refractivity contribution is 5.76. The third-order valence-corrected chi connectivity index (χ3v) is 6.44. The fourth-order valence-corrected chi connectivity index (χ4v) is 5.66. The molecular weight excluding hydrogens is 346 g/mol. The molecule has 1 aliphatic carbocycles. The van der Waals surface area contributed by atoms with E-state index in [1.807, 2.05) is 0 Å². The maximum Gasteiger partial charge on any atom is 0.311 e. The van der Waals surface area contributed by atoms with E-state index in [1.54, 1.807) is 0 Å². The topological polar surface area (TPSA) is 26.3 Å². The standard InChI is InChI=1S/C25H50NO2/c1-22(2,3)17-23(4,5)19-16-20(19)24(6,7)18-25(8,9)21(27)28-15-13-14-26(10,11)12/h19-20H,13-18H2,1-12H3/q+1. The van der Waals surface area contributed by atoms with Gasteiger partial charge in [0.15, 0.2) is 0 Å². The van der Waals surface area contributed by atoms with Gasteiger partial charge < -0.3 is 9.22 Å². The van der Waals surface area contributed by atoms with Crippen molar-refractivity contribution in [3.05, 3.63) is 0 Å². The Morgan fingerprint density at radius 2 is 1.32 bits per heavy atom. The van der Waals surface area contributed by atoms with Crippen LogP contribution >= 0.6 is 0 Å². The van der Waals surface area contributed by atoms with E-state index in [0.717, 1.165) is 29.8 Å². The van der Waals surface area contributed by atoms with Crippen molar-refractivity contribution in [1.29, 1.82) is 0 Å². The van der Waals surface area contributed by atoms with Gasteiger partial charge >= 0.3 is 5.97 Å². The summed E-state index contributed by atoms with van der Waals surface area (Å²) in [5, 5.41) is 0. The lowest BCUT2D eigenvalue weighted by molar-refractivity contribution is -0.870. The molecule has 0 aromatic carbocycles. The Labute approximate surface area is 176 Å². The van der Waals surface area contributed by atoms with Gasteiger partial charge in [-0.15, -0.1) is 0 Å². The van der Waals surface area contributed by atoms with Gasteiger partial charge in [0, 0.05) is 6.42 Å². The summed E-state index contributed by atoms with van der Waals surface area (Å²) >= 11 is 0. The highest BCUT2D eigenvalue weighted by Crippen LogP contribution is 2.63. The first kappa shape index (κ1) is 25.5. The molecule has 2 unspecified atom stereocenters. The maximum atomic E-state index is 12.7. The fourth-order valence-electron chi connectivity index (χ4n) is 5.66. The van der Waals surface area contributed by atoms with Crippen LogP contribution in [0.1, 0.15) is 88.0 Å². The minimum Gasteiger partial charge on any atom is -0.465 e. The monoisotopic (exact) mass is 396 g/mol. The van der Waals surface area contributed by atoms with Gasteiger partial charge in [0.2, 0.25) is 0 Å². The molecule has 3 nitrogen and oxygen atoms in total. The van der Waals surface area contributed by atoms with Crippen molar-refractivity contribution in [2.24, 2.45) is 33.5 Å². The molecule has 1 saturated carbocycles. The number of hydrogen-bond acceptors (Lipinski definition) is 2. The van der Waals surface area contributed by atoms with Gasteiger partial charge in [0.1, 0.15) is 0 Å². The molecule has 0 heterocycles. The quantitative estimate of drug-likeness (QED) is 0.251. The van der Waals surface area contributed by atoms with Gasteiger partial charge in [-0.3, -0.25) is 4.79 Å². The molecule has 1 aliphatic rings. The summed E-state index contributed by atoms with van der Waals surface area (Å²) in [6, 6.07) is 0. The second-order valence-corrected chi connectivity index (χ2v) is 13.7. The molecule has 0 amide bonds. The Morgan fingerprint density at radius 3 is 1.75 bits per heavy atom. The summed E-state index contributed by atoms with van der Waals surface area (Å²) < 4.78 is 6.56. The van der Waals surface area contributed by atoms with Gasteiger partial charge in [-0.25, -0.2) is 0 Å². The van der Waals surface area contributed by atoms with E-state index in [-0.39, 0.29) is 11.4 Å². The normalized spacial score (nSPS) is 21.6. The molecular formula is C25H50NO2+. The van der Waals surface area contributed by atoms with Crippen LogP contribution in [-0.4, -0.2) is 44.7 Å². The Morgan fingerprint density at radius 1 is 0.857 bits per heavy atom. The number of quaternary nitrogens is 1. The number of rotatable bonds is 10. The average molecular weight is 397 g/mol. The van der Waals surface area contributed by atoms with Crippen LogP contribution in [0.3, 0.4) is 0 Å². The first-order valence-corrected chi connectivity index (χ1v) is 11.2. The smallest absolute Gasteiger partial charge is 0.311 e. The molecule has 3 heteroatoms. The molecule has 0 bridgehead atoms. The molecule has 28 heavy (non-hydrogen) atoms. The number of hydrogen-bond donors (Lipinski definition) is 0. The molecule has 0 saturated heterocycles. The highest BCUT2D eigenvalue weighted by Gasteiger charge is 2.56. The van der Waals surface area contributed by atoms with Crippen molar-refractivity contribution < 1.29 is 14.0 Å². The third kappa shape index (κ3) is 8.05. The van der Waals surface area contributed by atoms with Crippen molar-refractivity contribution >= 4 is 5.97 Å². The third-order valence-electron chi connectivity index (χ3n) is 6.44. The summed E-state index contributed by atoms with van der Waals surface area (Å²) in [5.41, 5.74) is 0.442. The predicted octanol–water partition coefficient (Wildman–Crippen LogP) is 6.17. The van der Waals surface area contributed by atoms with Crippen molar-refractivity contribution in [1.82, 2.24) is 0 Å². The SMILES string of the molecule is CC(C)(C)CC(C)(C)C1CC1C(C)(C)CC(C)(C)C(=O)OCCC[N+](C)(C)C. The Balaban J connectivity index is 2.61. The van der Waals surface area contributed by atoms with Crippen LogP contribution < -0.4 is 0 Å². The van der Waals surface area contributed by atoms with E-state index in [0.29, 0.717) is 23.4 Å². The number of esters is 1. The molecule has 0 N–H and O–H groups in total. The van der Waals surface area contributed by atoms with E-state index in [1.165, 1.54) is 12.8 Å². The second-order valence-electron chi connectivity index (χ2n) is 13.7.